The summed E-state index contributed by atoms with van der Waals surface area (Å²) in [5, 5.41) is 3.47. The van der Waals surface area contributed by atoms with Gasteiger partial charge < -0.3 is 19.0 Å². The van der Waals surface area contributed by atoms with Crippen molar-refractivity contribution in [2.24, 2.45) is 13.0 Å². The summed E-state index contributed by atoms with van der Waals surface area (Å²) in [6.07, 6.45) is 5.62. The highest BCUT2D eigenvalue weighted by atomic mass is 32.2. The monoisotopic (exact) mass is 522 g/mol. The van der Waals surface area contributed by atoms with Gasteiger partial charge in [-0.25, -0.2) is 17.2 Å². The van der Waals surface area contributed by atoms with E-state index in [-0.39, 0.29) is 31.7 Å². The minimum Gasteiger partial charge on any atom is -0.491 e. The molecule has 194 valence electrons. The number of pyridine rings is 2. The molecule has 9 nitrogen and oxygen atoms in total. The first-order valence-corrected chi connectivity index (χ1v) is 13.5. The lowest BCUT2D eigenvalue weighted by atomic mass is 10.1. The molecule has 1 unspecified atom stereocenters. The molecule has 4 heterocycles. The predicted molar refractivity (Wildman–Crippen MR) is 130 cm³/mol. The van der Waals surface area contributed by atoms with Crippen molar-refractivity contribution in [1.82, 2.24) is 19.8 Å². The number of ether oxygens (including phenoxy) is 1. The lowest BCUT2D eigenvalue weighted by molar-refractivity contribution is 0.0856. The average molecular weight is 523 g/mol. The van der Waals surface area contributed by atoms with Crippen LogP contribution in [0.25, 0.3) is 22.1 Å². The molecule has 1 N–H and O–H groups in total. The molecule has 36 heavy (non-hydrogen) atoms. The number of sulfone groups is 1. The molecule has 1 saturated heterocycles. The van der Waals surface area contributed by atoms with Crippen molar-refractivity contribution in [2.45, 2.75) is 30.7 Å². The Kier molecular flexibility index (Phi) is 5.96. The number of alkyl halides is 2. The third kappa shape index (κ3) is 4.31. The number of hydrogen-bond donors (Lipinski definition) is 1. The van der Waals surface area contributed by atoms with Crippen molar-refractivity contribution in [3.63, 3.8) is 0 Å². The summed E-state index contributed by atoms with van der Waals surface area (Å²) >= 11 is 0. The van der Waals surface area contributed by atoms with Crippen molar-refractivity contribution in [1.29, 1.82) is 0 Å². The van der Waals surface area contributed by atoms with Crippen LogP contribution in [-0.4, -0.2) is 66.2 Å². The molecule has 0 amide bonds. The van der Waals surface area contributed by atoms with Crippen molar-refractivity contribution in [2.75, 3.05) is 32.5 Å². The number of nitrogens with one attached hydrogen (secondary N) is 1. The smallest absolute Gasteiger partial charge is 0.261 e. The third-order valence-corrected chi connectivity index (χ3v) is 9.20. The Hall–Kier alpha value is -2.83. The van der Waals surface area contributed by atoms with E-state index in [1.54, 1.807) is 38.5 Å². The molecule has 5 rings (SSSR count). The third-order valence-electron chi connectivity index (χ3n) is 7.20. The van der Waals surface area contributed by atoms with E-state index < -0.39 is 26.5 Å². The second-order valence-electron chi connectivity index (χ2n) is 9.80. The predicted octanol–water partition coefficient (Wildman–Crippen LogP) is 2.39. The fourth-order valence-electron chi connectivity index (χ4n) is 4.61. The van der Waals surface area contributed by atoms with Crippen LogP contribution >= 0.6 is 0 Å². The van der Waals surface area contributed by atoms with Crippen LogP contribution in [0.1, 0.15) is 19.1 Å². The van der Waals surface area contributed by atoms with E-state index in [9.17, 15) is 22.0 Å². The van der Waals surface area contributed by atoms with Gasteiger partial charge in [-0.2, -0.15) is 0 Å². The van der Waals surface area contributed by atoms with Gasteiger partial charge in [0.25, 0.3) is 11.5 Å². The van der Waals surface area contributed by atoms with Gasteiger partial charge in [-0.1, -0.05) is 0 Å². The molecule has 0 aromatic carbocycles. The van der Waals surface area contributed by atoms with Crippen molar-refractivity contribution in [3.05, 3.63) is 46.8 Å². The first-order valence-electron chi connectivity index (χ1n) is 11.6. The molecule has 3 aromatic heterocycles. The molecule has 3 aromatic rings. The molecule has 12 heteroatoms. The zero-order chi connectivity index (χ0) is 25.9. The molecule has 2 aliphatic rings. The fourth-order valence-corrected chi connectivity index (χ4v) is 5.60. The highest BCUT2D eigenvalue weighted by molar-refractivity contribution is 7.92. The minimum absolute atomic E-state index is 0.142. The van der Waals surface area contributed by atoms with Gasteiger partial charge in [-0.3, -0.25) is 14.7 Å². The van der Waals surface area contributed by atoms with Gasteiger partial charge in [0.2, 0.25) is 0 Å². The van der Waals surface area contributed by atoms with Gasteiger partial charge in [0.1, 0.15) is 22.0 Å². The van der Waals surface area contributed by atoms with Crippen LogP contribution in [-0.2, 0) is 23.4 Å². The van der Waals surface area contributed by atoms with E-state index in [1.165, 1.54) is 17.0 Å². The standard InChI is InChI=1S/C24H28F2N4O5S/c1-23(36(3,32)33)14-28-6-7-30(23)11-16-8-18-21(35-16)19(12-29(2)22(18)31)17-4-5-27-10-20(17)34-13-15-9-24(15,25)26/h4-5,8,10,12,15,28H,6-7,9,11,13-14H2,1-3H3/t15?,23-/m1/s1. The van der Waals surface area contributed by atoms with Crippen LogP contribution in [0.4, 0.5) is 8.78 Å². The number of aryl methyl sites for hydroxylation is 1. The molecule has 1 aliphatic carbocycles. The maximum Gasteiger partial charge on any atom is 0.261 e. The number of halogens is 2. The molecule has 1 saturated carbocycles. The van der Waals surface area contributed by atoms with Gasteiger partial charge in [0.05, 0.1) is 30.7 Å². The molecule has 2 fully saturated rings. The highest BCUT2D eigenvalue weighted by Gasteiger charge is 2.57. The van der Waals surface area contributed by atoms with Crippen LogP contribution in [0.5, 0.6) is 5.75 Å². The van der Waals surface area contributed by atoms with Crippen LogP contribution in [0.3, 0.4) is 0 Å². The summed E-state index contributed by atoms with van der Waals surface area (Å²) in [6.45, 7) is 3.11. The Labute approximate surface area is 207 Å². The number of hydrogen-bond acceptors (Lipinski definition) is 8. The summed E-state index contributed by atoms with van der Waals surface area (Å²) < 4.78 is 65.2. The molecule has 1 aliphatic heterocycles. The summed E-state index contributed by atoms with van der Waals surface area (Å²) in [5.74, 6) is -2.78. The van der Waals surface area contributed by atoms with Gasteiger partial charge in [-0.15, -0.1) is 0 Å². The van der Waals surface area contributed by atoms with E-state index in [4.69, 9.17) is 9.15 Å². The Morgan fingerprint density at radius 3 is 2.78 bits per heavy atom. The summed E-state index contributed by atoms with van der Waals surface area (Å²) in [7, 11) is -1.82. The number of furan rings is 1. The Morgan fingerprint density at radius 2 is 2.08 bits per heavy atom. The molecule has 0 spiro atoms. The molecular formula is C24H28F2N4O5S. The maximum absolute atomic E-state index is 13.4. The summed E-state index contributed by atoms with van der Waals surface area (Å²) in [6, 6.07) is 3.32. The normalized spacial score (nSPS) is 24.2. The quantitative estimate of drug-likeness (QED) is 0.504. The minimum atomic E-state index is -3.43. The first kappa shape index (κ1) is 24.8. The zero-order valence-corrected chi connectivity index (χ0v) is 21.1. The van der Waals surface area contributed by atoms with Gasteiger partial charge in [-0.05, 0) is 19.1 Å². The molecule has 0 bridgehead atoms. The molecular weight excluding hydrogens is 494 g/mol. The Morgan fingerprint density at radius 1 is 1.33 bits per heavy atom. The second-order valence-corrected chi connectivity index (χ2v) is 12.2. The molecule has 2 atom stereocenters. The number of fused-ring (bicyclic) bond motifs is 1. The Bertz CT molecular complexity index is 1490. The van der Waals surface area contributed by atoms with Crippen molar-refractivity contribution in [3.8, 4) is 16.9 Å². The topological polar surface area (TPSA) is 107 Å². The zero-order valence-electron chi connectivity index (χ0n) is 20.3. The van der Waals surface area contributed by atoms with Crippen molar-refractivity contribution < 1.29 is 26.4 Å². The second kappa shape index (κ2) is 8.63. The number of piperazine rings is 1. The number of rotatable bonds is 7. The highest BCUT2D eigenvalue weighted by Crippen LogP contribution is 2.49. The van der Waals surface area contributed by atoms with E-state index in [1.807, 2.05) is 4.90 Å². The van der Waals surface area contributed by atoms with Gasteiger partial charge in [0, 0.05) is 62.9 Å². The number of nitrogens with zero attached hydrogens (tertiary/aromatic N) is 3. The van der Waals surface area contributed by atoms with Crippen LogP contribution < -0.4 is 15.6 Å². The SMILES string of the molecule is Cn1cc(-c2ccncc2OCC2CC2(F)F)c2oc(CN3CCNC[C@@]3(C)S(C)(=O)=O)cc2c1=O. The molecule has 0 radical (unpaired) electrons. The largest absolute Gasteiger partial charge is 0.491 e. The summed E-state index contributed by atoms with van der Waals surface area (Å²) in [4.78, 5) is 17.7. The van der Waals surface area contributed by atoms with Crippen LogP contribution in [0.15, 0.2) is 39.9 Å². The lowest BCUT2D eigenvalue weighted by Crippen LogP contribution is -2.62. The van der Waals surface area contributed by atoms with E-state index in [2.05, 4.69) is 10.3 Å². The maximum atomic E-state index is 13.4. The van der Waals surface area contributed by atoms with E-state index >= 15 is 0 Å². The number of aromatic nitrogens is 2. The van der Waals surface area contributed by atoms with Crippen molar-refractivity contribution >= 4 is 20.8 Å². The van der Waals surface area contributed by atoms with E-state index in [0.717, 1.165) is 0 Å². The van der Waals surface area contributed by atoms with Gasteiger partial charge in [0.15, 0.2) is 9.84 Å². The van der Waals surface area contributed by atoms with Gasteiger partial charge >= 0.3 is 0 Å². The lowest BCUT2D eigenvalue weighted by Gasteiger charge is -2.43. The van der Waals surface area contributed by atoms with E-state index in [0.29, 0.717) is 46.7 Å². The fraction of sp³-hybridized carbons (Fsp3) is 0.500. The first-order chi connectivity index (χ1) is 16.9. The Balaban J connectivity index is 1.53. The average Bonchev–Trinajstić information content (AvgIpc) is 3.21. The van der Waals surface area contributed by atoms with Crippen LogP contribution in [0, 0.1) is 5.92 Å². The van der Waals surface area contributed by atoms with Crippen LogP contribution in [0.2, 0.25) is 0 Å². The summed E-state index contributed by atoms with van der Waals surface area (Å²) in [5.41, 5.74) is 1.14.